The van der Waals surface area contributed by atoms with Crippen molar-refractivity contribution in [3.05, 3.63) is 59.5 Å². The first-order chi connectivity index (χ1) is 8.86. The molecule has 1 heterocycles. The number of hydrogen-bond acceptors (Lipinski definition) is 2. The number of benzene rings is 1. The van der Waals surface area contributed by atoms with E-state index in [2.05, 4.69) is 42.7 Å². The minimum atomic E-state index is 0.523. The highest BCUT2D eigenvalue weighted by Crippen LogP contribution is 2.29. The maximum Gasteiger partial charge on any atom is 0.0935 e. The second-order valence-electron chi connectivity index (χ2n) is 5.17. The average molecular weight is 241 g/mol. The second kappa shape index (κ2) is 4.99. The van der Waals surface area contributed by atoms with Gasteiger partial charge in [-0.15, -0.1) is 0 Å². The molecule has 0 amide bonds. The van der Waals surface area contributed by atoms with Crippen molar-refractivity contribution in [2.75, 3.05) is 7.05 Å². The highest BCUT2D eigenvalue weighted by Gasteiger charge is 2.27. The number of rotatable bonds is 4. The zero-order valence-corrected chi connectivity index (χ0v) is 10.7. The van der Waals surface area contributed by atoms with Crippen molar-refractivity contribution in [1.82, 2.24) is 5.32 Å². The molecule has 0 fully saturated rings. The molecule has 2 nitrogen and oxygen atoms in total. The third kappa shape index (κ3) is 2.21. The van der Waals surface area contributed by atoms with Gasteiger partial charge in [-0.25, -0.2) is 0 Å². The van der Waals surface area contributed by atoms with Crippen LogP contribution in [0.3, 0.4) is 0 Å². The molecule has 3 rings (SSSR count). The molecule has 1 aliphatic carbocycles. The van der Waals surface area contributed by atoms with Crippen molar-refractivity contribution < 1.29 is 4.42 Å². The molecule has 1 aromatic heterocycles. The van der Waals surface area contributed by atoms with E-state index in [1.54, 1.807) is 6.26 Å². The first kappa shape index (κ1) is 11.5. The van der Waals surface area contributed by atoms with E-state index in [0.717, 1.165) is 6.42 Å². The highest BCUT2D eigenvalue weighted by molar-refractivity contribution is 5.32. The largest absolute Gasteiger partial charge is 0.472 e. The summed E-state index contributed by atoms with van der Waals surface area (Å²) in [4.78, 5) is 0. The fourth-order valence-electron chi connectivity index (χ4n) is 3.04. The summed E-state index contributed by atoms with van der Waals surface area (Å²) in [7, 11) is 2.06. The molecule has 1 aliphatic rings. The van der Waals surface area contributed by atoms with Crippen LogP contribution in [0.5, 0.6) is 0 Å². The van der Waals surface area contributed by atoms with Crippen molar-refractivity contribution in [2.24, 2.45) is 5.92 Å². The minimum Gasteiger partial charge on any atom is -0.472 e. The molecule has 0 radical (unpaired) electrons. The van der Waals surface area contributed by atoms with E-state index in [1.165, 1.54) is 29.5 Å². The van der Waals surface area contributed by atoms with Crippen LogP contribution in [0, 0.1) is 5.92 Å². The lowest BCUT2D eigenvalue weighted by Crippen LogP contribution is -2.36. The van der Waals surface area contributed by atoms with E-state index in [9.17, 15) is 0 Å². The van der Waals surface area contributed by atoms with Crippen LogP contribution in [0.15, 0.2) is 47.3 Å². The lowest BCUT2D eigenvalue weighted by molar-refractivity contribution is 0.382. The highest BCUT2D eigenvalue weighted by atomic mass is 16.3. The summed E-state index contributed by atoms with van der Waals surface area (Å²) in [6, 6.07) is 11.4. The SMILES string of the molecule is CNC(Cc1ccoc1)C1Cc2ccccc2C1. The van der Waals surface area contributed by atoms with E-state index < -0.39 is 0 Å². The van der Waals surface area contributed by atoms with Crippen LogP contribution in [-0.2, 0) is 19.3 Å². The van der Waals surface area contributed by atoms with Crippen LogP contribution < -0.4 is 5.32 Å². The normalized spacial score (nSPS) is 16.7. The molecule has 0 saturated heterocycles. The van der Waals surface area contributed by atoms with Gasteiger partial charge in [-0.3, -0.25) is 0 Å². The summed E-state index contributed by atoms with van der Waals surface area (Å²) in [5, 5.41) is 3.48. The fourth-order valence-corrected chi connectivity index (χ4v) is 3.04. The van der Waals surface area contributed by atoms with Gasteiger partial charge in [0.05, 0.1) is 12.5 Å². The molecule has 0 saturated carbocycles. The van der Waals surface area contributed by atoms with Gasteiger partial charge in [0.25, 0.3) is 0 Å². The van der Waals surface area contributed by atoms with Crippen LogP contribution in [0.1, 0.15) is 16.7 Å². The lowest BCUT2D eigenvalue weighted by Gasteiger charge is -2.22. The van der Waals surface area contributed by atoms with E-state index in [0.29, 0.717) is 12.0 Å². The Balaban J connectivity index is 1.71. The van der Waals surface area contributed by atoms with Crippen LogP contribution >= 0.6 is 0 Å². The summed E-state index contributed by atoms with van der Waals surface area (Å²) >= 11 is 0. The fraction of sp³-hybridized carbons (Fsp3) is 0.375. The predicted molar refractivity (Wildman–Crippen MR) is 72.6 cm³/mol. The van der Waals surface area contributed by atoms with Gasteiger partial charge in [0.1, 0.15) is 0 Å². The van der Waals surface area contributed by atoms with Crippen molar-refractivity contribution in [3.63, 3.8) is 0 Å². The Morgan fingerprint density at radius 3 is 2.50 bits per heavy atom. The van der Waals surface area contributed by atoms with Crippen molar-refractivity contribution >= 4 is 0 Å². The number of likely N-dealkylation sites (N-methyl/N-ethyl adjacent to an activating group) is 1. The van der Waals surface area contributed by atoms with E-state index in [-0.39, 0.29) is 0 Å². The zero-order chi connectivity index (χ0) is 12.4. The van der Waals surface area contributed by atoms with Gasteiger partial charge >= 0.3 is 0 Å². The molecular weight excluding hydrogens is 222 g/mol. The number of hydrogen-bond donors (Lipinski definition) is 1. The Bertz CT molecular complexity index is 476. The molecule has 0 spiro atoms. The van der Waals surface area contributed by atoms with Gasteiger partial charge in [0.15, 0.2) is 0 Å². The maximum absolute atomic E-state index is 5.16. The summed E-state index contributed by atoms with van der Waals surface area (Å²) < 4.78 is 5.16. The molecule has 94 valence electrons. The quantitative estimate of drug-likeness (QED) is 0.890. The molecule has 1 N–H and O–H groups in total. The maximum atomic E-state index is 5.16. The average Bonchev–Trinajstić information content (AvgIpc) is 3.04. The Morgan fingerprint density at radius 1 is 1.22 bits per heavy atom. The standard InChI is InChI=1S/C16H19NO/c1-17-16(8-12-6-7-18-11-12)15-9-13-4-2-3-5-14(13)10-15/h2-7,11,15-17H,8-10H2,1H3. The van der Waals surface area contributed by atoms with E-state index >= 15 is 0 Å². The summed E-state index contributed by atoms with van der Waals surface area (Å²) in [5.74, 6) is 0.697. The third-order valence-electron chi connectivity index (χ3n) is 4.06. The number of furan rings is 1. The molecule has 0 aliphatic heterocycles. The smallest absolute Gasteiger partial charge is 0.0935 e. The molecule has 18 heavy (non-hydrogen) atoms. The Morgan fingerprint density at radius 2 is 1.94 bits per heavy atom. The van der Waals surface area contributed by atoms with Gasteiger partial charge in [-0.05, 0) is 55.0 Å². The van der Waals surface area contributed by atoms with Crippen molar-refractivity contribution in [3.8, 4) is 0 Å². The van der Waals surface area contributed by atoms with Gasteiger partial charge in [0.2, 0.25) is 0 Å². The monoisotopic (exact) mass is 241 g/mol. The Hall–Kier alpha value is -1.54. The molecule has 2 aromatic rings. The third-order valence-corrected chi connectivity index (χ3v) is 4.06. The first-order valence-electron chi connectivity index (χ1n) is 6.62. The van der Waals surface area contributed by atoms with Crippen LogP contribution in [0.25, 0.3) is 0 Å². The van der Waals surface area contributed by atoms with Crippen molar-refractivity contribution in [1.29, 1.82) is 0 Å². The zero-order valence-electron chi connectivity index (χ0n) is 10.7. The second-order valence-corrected chi connectivity index (χ2v) is 5.17. The van der Waals surface area contributed by atoms with Gasteiger partial charge in [0, 0.05) is 6.04 Å². The van der Waals surface area contributed by atoms with Crippen LogP contribution in [0.4, 0.5) is 0 Å². The minimum absolute atomic E-state index is 0.523. The predicted octanol–water partition coefficient (Wildman–Crippen LogP) is 2.83. The van der Waals surface area contributed by atoms with Crippen molar-refractivity contribution in [2.45, 2.75) is 25.3 Å². The molecule has 0 bridgehead atoms. The van der Waals surface area contributed by atoms with Gasteiger partial charge < -0.3 is 9.73 Å². The molecule has 1 unspecified atom stereocenters. The summed E-state index contributed by atoms with van der Waals surface area (Å²) in [6.45, 7) is 0. The lowest BCUT2D eigenvalue weighted by atomic mass is 9.92. The van der Waals surface area contributed by atoms with Crippen LogP contribution in [0.2, 0.25) is 0 Å². The summed E-state index contributed by atoms with van der Waals surface area (Å²) in [6.07, 6.45) is 7.04. The molecule has 1 atom stereocenters. The van der Waals surface area contributed by atoms with E-state index in [4.69, 9.17) is 4.42 Å². The Labute approximate surface area is 108 Å². The van der Waals surface area contributed by atoms with E-state index in [1.807, 2.05) is 6.26 Å². The van der Waals surface area contributed by atoms with Gasteiger partial charge in [-0.1, -0.05) is 24.3 Å². The van der Waals surface area contributed by atoms with Gasteiger partial charge in [-0.2, -0.15) is 0 Å². The molecule has 1 aromatic carbocycles. The molecule has 2 heteroatoms. The topological polar surface area (TPSA) is 25.2 Å². The van der Waals surface area contributed by atoms with Crippen LogP contribution in [-0.4, -0.2) is 13.1 Å². The summed E-state index contributed by atoms with van der Waals surface area (Å²) in [5.41, 5.74) is 4.33. The number of fused-ring (bicyclic) bond motifs is 1. The first-order valence-corrected chi connectivity index (χ1v) is 6.62. The number of nitrogens with one attached hydrogen (secondary N) is 1. The Kier molecular flexibility index (Phi) is 3.20. The molecular formula is C16H19NO.